The van der Waals surface area contributed by atoms with Gasteiger partial charge in [-0.1, -0.05) is 30.3 Å². The molecule has 0 saturated carbocycles. The monoisotopic (exact) mass is 365 g/mol. The van der Waals surface area contributed by atoms with E-state index in [4.69, 9.17) is 4.74 Å². The number of piperidine rings is 1. The van der Waals surface area contributed by atoms with E-state index in [1.54, 1.807) is 17.8 Å². The Morgan fingerprint density at radius 2 is 2.00 bits per heavy atom. The Bertz CT molecular complexity index is 932. The van der Waals surface area contributed by atoms with Crippen LogP contribution in [0.3, 0.4) is 0 Å². The van der Waals surface area contributed by atoms with Crippen molar-refractivity contribution >= 4 is 16.9 Å². The van der Waals surface area contributed by atoms with E-state index in [2.05, 4.69) is 20.7 Å². The van der Waals surface area contributed by atoms with Crippen LogP contribution >= 0.6 is 0 Å². The van der Waals surface area contributed by atoms with Crippen LogP contribution in [0, 0.1) is 0 Å². The van der Waals surface area contributed by atoms with E-state index >= 15 is 0 Å². The molecule has 1 aromatic carbocycles. The number of amides is 1. The second-order valence-electron chi connectivity index (χ2n) is 6.76. The van der Waals surface area contributed by atoms with Gasteiger partial charge < -0.3 is 15.4 Å². The van der Waals surface area contributed by atoms with E-state index in [0.717, 1.165) is 36.9 Å². The van der Waals surface area contributed by atoms with Crippen LogP contribution in [0.15, 0.2) is 42.5 Å². The van der Waals surface area contributed by atoms with Gasteiger partial charge in [-0.3, -0.25) is 4.79 Å². The van der Waals surface area contributed by atoms with Crippen molar-refractivity contribution in [3.8, 4) is 5.88 Å². The molecule has 0 atom stereocenters. The fourth-order valence-electron chi connectivity index (χ4n) is 3.31. The van der Waals surface area contributed by atoms with Crippen LogP contribution in [0.2, 0.25) is 0 Å². The molecule has 7 nitrogen and oxygen atoms in total. The zero-order valence-electron chi connectivity index (χ0n) is 15.3. The van der Waals surface area contributed by atoms with Gasteiger partial charge in [-0.05, 0) is 37.6 Å². The third kappa shape index (κ3) is 3.93. The summed E-state index contributed by atoms with van der Waals surface area (Å²) in [6.07, 6.45) is 1.87. The first-order valence-electron chi connectivity index (χ1n) is 9.23. The molecular weight excluding hydrogens is 342 g/mol. The maximum atomic E-state index is 12.7. The molecule has 1 saturated heterocycles. The predicted octanol–water partition coefficient (Wildman–Crippen LogP) is 2.03. The molecular formula is C20H23N5O2. The van der Waals surface area contributed by atoms with Gasteiger partial charge in [0, 0.05) is 19.2 Å². The molecule has 1 amide bonds. The highest BCUT2D eigenvalue weighted by molar-refractivity contribution is 6.04. The highest BCUT2D eigenvalue weighted by atomic mass is 16.5. The number of nitrogens with one attached hydrogen (secondary N) is 2. The first-order valence-corrected chi connectivity index (χ1v) is 9.23. The topological polar surface area (TPSA) is 81.1 Å². The van der Waals surface area contributed by atoms with Gasteiger partial charge in [0.25, 0.3) is 5.91 Å². The van der Waals surface area contributed by atoms with Crippen molar-refractivity contribution in [3.05, 3.63) is 53.7 Å². The summed E-state index contributed by atoms with van der Waals surface area (Å²) >= 11 is 0. The molecule has 4 rings (SSSR count). The molecule has 2 aromatic heterocycles. The van der Waals surface area contributed by atoms with Crippen LogP contribution < -0.4 is 15.4 Å². The number of ether oxygens (including phenoxy) is 1. The molecule has 0 bridgehead atoms. The van der Waals surface area contributed by atoms with Gasteiger partial charge in [-0.2, -0.15) is 10.1 Å². The van der Waals surface area contributed by atoms with Gasteiger partial charge in [-0.25, -0.2) is 4.68 Å². The quantitative estimate of drug-likeness (QED) is 0.723. The molecule has 1 aliphatic heterocycles. The Morgan fingerprint density at radius 1 is 1.22 bits per heavy atom. The molecule has 27 heavy (non-hydrogen) atoms. The molecule has 0 radical (unpaired) electrons. The van der Waals surface area contributed by atoms with Crippen LogP contribution in [0.4, 0.5) is 0 Å². The summed E-state index contributed by atoms with van der Waals surface area (Å²) < 4.78 is 7.41. The summed E-state index contributed by atoms with van der Waals surface area (Å²) in [5, 5.41) is 11.5. The van der Waals surface area contributed by atoms with Crippen LogP contribution in [-0.2, 0) is 13.7 Å². The molecule has 0 spiro atoms. The zero-order valence-corrected chi connectivity index (χ0v) is 15.3. The number of carbonyl (C=O) groups excluding carboxylic acids is 1. The van der Waals surface area contributed by atoms with E-state index in [9.17, 15) is 4.79 Å². The number of rotatable bonds is 5. The number of fused-ring (bicyclic) bond motifs is 1. The number of hydrogen-bond donors (Lipinski definition) is 2. The molecule has 0 aliphatic carbocycles. The largest absolute Gasteiger partial charge is 0.473 e. The molecule has 2 N–H and O–H groups in total. The highest BCUT2D eigenvalue weighted by Gasteiger charge is 2.21. The van der Waals surface area contributed by atoms with Crippen molar-refractivity contribution in [1.29, 1.82) is 0 Å². The van der Waals surface area contributed by atoms with Crippen LogP contribution in [0.25, 0.3) is 11.0 Å². The maximum absolute atomic E-state index is 12.7. The van der Waals surface area contributed by atoms with E-state index in [-0.39, 0.29) is 11.9 Å². The Morgan fingerprint density at radius 3 is 2.78 bits per heavy atom. The number of aromatic nitrogens is 3. The average molecular weight is 365 g/mol. The minimum Gasteiger partial charge on any atom is -0.473 e. The number of nitrogens with zero attached hydrogens (tertiary/aromatic N) is 3. The van der Waals surface area contributed by atoms with Gasteiger partial charge >= 0.3 is 0 Å². The summed E-state index contributed by atoms with van der Waals surface area (Å²) in [5.74, 6) is 0.368. The first-order chi connectivity index (χ1) is 13.2. The summed E-state index contributed by atoms with van der Waals surface area (Å²) in [6.45, 7) is 2.30. The number of carbonyl (C=O) groups is 1. The number of pyridine rings is 1. The third-order valence-corrected chi connectivity index (χ3v) is 4.78. The number of hydrogen-bond acceptors (Lipinski definition) is 5. The lowest BCUT2D eigenvalue weighted by Gasteiger charge is -2.23. The van der Waals surface area contributed by atoms with Crippen LogP contribution in [-0.4, -0.2) is 39.8 Å². The molecule has 1 fully saturated rings. The normalized spacial score (nSPS) is 15.0. The average Bonchev–Trinajstić information content (AvgIpc) is 3.04. The van der Waals surface area contributed by atoms with Crippen molar-refractivity contribution in [3.63, 3.8) is 0 Å². The van der Waals surface area contributed by atoms with Gasteiger partial charge in [0.2, 0.25) is 5.88 Å². The van der Waals surface area contributed by atoms with E-state index < -0.39 is 0 Å². The third-order valence-electron chi connectivity index (χ3n) is 4.78. The minimum absolute atomic E-state index is 0.146. The summed E-state index contributed by atoms with van der Waals surface area (Å²) in [6, 6.07) is 13.8. The lowest BCUT2D eigenvalue weighted by atomic mass is 10.1. The van der Waals surface area contributed by atoms with Crippen molar-refractivity contribution < 1.29 is 9.53 Å². The Hall–Kier alpha value is -2.93. The van der Waals surface area contributed by atoms with Crippen molar-refractivity contribution in [2.75, 3.05) is 13.1 Å². The molecule has 3 heterocycles. The summed E-state index contributed by atoms with van der Waals surface area (Å²) in [4.78, 5) is 17.2. The van der Waals surface area contributed by atoms with Crippen molar-refractivity contribution in [2.45, 2.75) is 25.5 Å². The van der Waals surface area contributed by atoms with Gasteiger partial charge in [0.15, 0.2) is 11.3 Å². The fraction of sp³-hybridized carbons (Fsp3) is 0.350. The van der Waals surface area contributed by atoms with E-state index in [1.807, 2.05) is 36.4 Å². The summed E-state index contributed by atoms with van der Waals surface area (Å²) in [7, 11) is 1.79. The van der Waals surface area contributed by atoms with Gasteiger partial charge in [0.1, 0.15) is 6.61 Å². The number of aryl methyl sites for hydroxylation is 1. The molecule has 1 aliphatic rings. The van der Waals surface area contributed by atoms with Gasteiger partial charge in [0.05, 0.1) is 5.39 Å². The van der Waals surface area contributed by atoms with Crippen LogP contribution in [0.1, 0.15) is 28.9 Å². The van der Waals surface area contributed by atoms with Crippen LogP contribution in [0.5, 0.6) is 5.88 Å². The lowest BCUT2D eigenvalue weighted by molar-refractivity contribution is 0.0925. The fourth-order valence-corrected chi connectivity index (χ4v) is 3.31. The number of benzene rings is 1. The SMILES string of the molecule is Cn1nc(C(=O)NC2CCNCC2)c2ccc(OCc3ccccc3)nc21. The van der Waals surface area contributed by atoms with Crippen molar-refractivity contribution in [1.82, 2.24) is 25.4 Å². The Balaban J connectivity index is 1.51. The molecule has 140 valence electrons. The lowest BCUT2D eigenvalue weighted by Crippen LogP contribution is -2.42. The molecule has 3 aromatic rings. The van der Waals surface area contributed by atoms with E-state index in [1.165, 1.54) is 0 Å². The predicted molar refractivity (Wildman–Crippen MR) is 103 cm³/mol. The summed E-state index contributed by atoms with van der Waals surface area (Å²) in [5.41, 5.74) is 2.12. The minimum atomic E-state index is -0.146. The molecule has 0 unspecified atom stereocenters. The second kappa shape index (κ2) is 7.75. The van der Waals surface area contributed by atoms with Gasteiger partial charge in [-0.15, -0.1) is 0 Å². The first kappa shape index (κ1) is 17.5. The standard InChI is InChI=1S/C20H23N5O2/c1-25-19-16(18(24-25)20(26)22-15-9-11-21-12-10-15)7-8-17(23-19)27-13-14-5-3-2-4-6-14/h2-8,15,21H,9-13H2,1H3,(H,22,26). The van der Waals surface area contributed by atoms with Crippen molar-refractivity contribution in [2.24, 2.45) is 7.05 Å². The smallest absolute Gasteiger partial charge is 0.272 e. The second-order valence-corrected chi connectivity index (χ2v) is 6.76. The molecule has 7 heteroatoms. The Kier molecular flexibility index (Phi) is 5.02. The maximum Gasteiger partial charge on any atom is 0.272 e. The van der Waals surface area contributed by atoms with E-state index in [0.29, 0.717) is 23.8 Å². The Labute approximate surface area is 157 Å². The zero-order chi connectivity index (χ0) is 18.6. The highest BCUT2D eigenvalue weighted by Crippen LogP contribution is 2.21.